The van der Waals surface area contributed by atoms with Gasteiger partial charge in [0.15, 0.2) is 12.0 Å². The molecule has 1 aromatic heterocycles. The number of aliphatic hydroxyl groups excluding tert-OH is 1. The first-order chi connectivity index (χ1) is 5.75. The van der Waals surface area contributed by atoms with Crippen LogP contribution in [0.4, 0.5) is 5.69 Å². The zero-order valence-electron chi connectivity index (χ0n) is 5.91. The molecule has 1 aliphatic heterocycles. The number of halogens is 1. The molecule has 2 rings (SSSR count). The van der Waals surface area contributed by atoms with E-state index in [1.807, 2.05) is 0 Å². The molecule has 4 nitrogen and oxygen atoms in total. The Bertz CT molecular complexity index is 351. The average Bonchev–Trinajstić information content (AvgIpc) is 2.05. The summed E-state index contributed by atoms with van der Waals surface area (Å²) >= 11 is 5.61. The van der Waals surface area contributed by atoms with Gasteiger partial charge in [-0.05, 0) is 0 Å². The first kappa shape index (κ1) is 7.24. The van der Waals surface area contributed by atoms with Gasteiger partial charge in [0.25, 0.3) is 0 Å². The Morgan fingerprint density at radius 3 is 3.25 bits per heavy atom. The smallest absolute Gasteiger partial charge is 0.225 e. The molecule has 0 spiro atoms. The van der Waals surface area contributed by atoms with E-state index in [0.29, 0.717) is 16.6 Å². The van der Waals surface area contributed by atoms with Crippen molar-refractivity contribution in [1.29, 1.82) is 0 Å². The first-order valence-corrected chi connectivity index (χ1v) is 3.62. The fraction of sp³-hybridized carbons (Fsp3) is 0. The number of fused-ring (bicyclic) bond motifs is 1. The second-order valence-corrected chi connectivity index (χ2v) is 2.64. The molecule has 1 aliphatic rings. The van der Waals surface area contributed by atoms with Crippen molar-refractivity contribution >= 4 is 17.3 Å². The van der Waals surface area contributed by atoms with Crippen molar-refractivity contribution in [1.82, 2.24) is 4.98 Å². The summed E-state index contributed by atoms with van der Waals surface area (Å²) in [5.74, 6) is 0.499. The van der Waals surface area contributed by atoms with Crippen molar-refractivity contribution in [3.05, 3.63) is 29.6 Å². The van der Waals surface area contributed by atoms with Crippen molar-refractivity contribution in [3.8, 4) is 5.75 Å². The lowest BCUT2D eigenvalue weighted by atomic mass is 10.3. The van der Waals surface area contributed by atoms with E-state index in [1.165, 1.54) is 12.5 Å². The number of nitrogens with zero attached hydrogens (tertiary/aromatic N) is 1. The molecule has 0 unspecified atom stereocenters. The Balaban J connectivity index is 2.43. The van der Waals surface area contributed by atoms with E-state index in [4.69, 9.17) is 21.4 Å². The predicted octanol–water partition coefficient (Wildman–Crippen LogP) is 1.90. The fourth-order valence-corrected chi connectivity index (χ4v) is 1.04. The minimum Gasteiger partial charge on any atom is -0.492 e. The Morgan fingerprint density at radius 2 is 2.42 bits per heavy atom. The first-order valence-electron chi connectivity index (χ1n) is 3.24. The zero-order chi connectivity index (χ0) is 8.55. The summed E-state index contributed by atoms with van der Waals surface area (Å²) in [5.41, 5.74) is 0.597. The van der Waals surface area contributed by atoms with Gasteiger partial charge in [-0.3, -0.25) is 0 Å². The highest BCUT2D eigenvalue weighted by atomic mass is 35.5. The molecule has 2 N–H and O–H groups in total. The summed E-state index contributed by atoms with van der Waals surface area (Å²) < 4.78 is 5.02. The van der Waals surface area contributed by atoms with Gasteiger partial charge in [0, 0.05) is 6.07 Å². The molecule has 0 amide bonds. The van der Waals surface area contributed by atoms with E-state index < -0.39 is 0 Å². The number of hydrogen-bond donors (Lipinski definition) is 2. The number of hydrogen-bond acceptors (Lipinski definition) is 4. The van der Waals surface area contributed by atoms with Gasteiger partial charge in [0.1, 0.15) is 10.8 Å². The molecule has 0 saturated heterocycles. The minimum atomic E-state index is -0.0494. The number of aliphatic hydroxyl groups is 1. The highest BCUT2D eigenvalue weighted by molar-refractivity contribution is 6.29. The van der Waals surface area contributed by atoms with E-state index in [9.17, 15) is 0 Å². The maximum Gasteiger partial charge on any atom is 0.225 e. The van der Waals surface area contributed by atoms with Gasteiger partial charge in [-0.2, -0.15) is 0 Å². The molecule has 0 fully saturated rings. The SMILES string of the molecule is OC1=COc2cc(Cl)ncc2N1. The third-order valence-electron chi connectivity index (χ3n) is 1.39. The minimum absolute atomic E-state index is 0.0494. The fourth-order valence-electron chi connectivity index (χ4n) is 0.891. The Morgan fingerprint density at radius 1 is 1.58 bits per heavy atom. The molecule has 0 bridgehead atoms. The summed E-state index contributed by atoms with van der Waals surface area (Å²) in [4.78, 5) is 3.81. The number of anilines is 1. The normalized spacial score (nSPS) is 13.9. The zero-order valence-corrected chi connectivity index (χ0v) is 6.67. The Hall–Kier alpha value is -1.42. The predicted molar refractivity (Wildman–Crippen MR) is 44.2 cm³/mol. The third-order valence-corrected chi connectivity index (χ3v) is 1.60. The van der Waals surface area contributed by atoms with Crippen LogP contribution in [0.2, 0.25) is 5.15 Å². The molecule has 1 aromatic rings. The Labute approximate surface area is 73.4 Å². The van der Waals surface area contributed by atoms with E-state index in [0.717, 1.165) is 0 Å². The van der Waals surface area contributed by atoms with Crippen LogP contribution in [-0.4, -0.2) is 10.1 Å². The summed E-state index contributed by atoms with van der Waals surface area (Å²) in [6.45, 7) is 0. The highest BCUT2D eigenvalue weighted by Gasteiger charge is 2.11. The molecule has 0 aliphatic carbocycles. The van der Waals surface area contributed by atoms with Crippen LogP contribution in [0.3, 0.4) is 0 Å². The lowest BCUT2D eigenvalue weighted by molar-refractivity contribution is 0.363. The molecule has 2 heterocycles. The second kappa shape index (κ2) is 2.57. The summed E-state index contributed by atoms with van der Waals surface area (Å²) in [6.07, 6.45) is 2.68. The van der Waals surface area contributed by atoms with Crippen molar-refractivity contribution in [2.24, 2.45) is 0 Å². The second-order valence-electron chi connectivity index (χ2n) is 2.25. The van der Waals surface area contributed by atoms with Gasteiger partial charge in [-0.15, -0.1) is 0 Å². The molecule has 0 saturated carbocycles. The topological polar surface area (TPSA) is 54.4 Å². The van der Waals surface area contributed by atoms with Crippen molar-refractivity contribution in [2.45, 2.75) is 0 Å². The molecule has 0 radical (unpaired) electrons. The van der Waals surface area contributed by atoms with Gasteiger partial charge in [-0.25, -0.2) is 4.98 Å². The van der Waals surface area contributed by atoms with Crippen LogP contribution >= 0.6 is 11.6 Å². The number of pyridine rings is 1. The Kier molecular flexibility index (Phi) is 1.55. The largest absolute Gasteiger partial charge is 0.492 e. The number of rotatable bonds is 0. The quantitative estimate of drug-likeness (QED) is 0.605. The summed E-state index contributed by atoms with van der Waals surface area (Å²) in [5, 5.41) is 12.0. The van der Waals surface area contributed by atoms with Gasteiger partial charge in [0.2, 0.25) is 5.88 Å². The summed E-state index contributed by atoms with van der Waals surface area (Å²) in [6, 6.07) is 1.56. The standard InChI is InChI=1S/C7H5ClN2O2/c8-6-1-5-4(2-9-6)10-7(11)3-12-5/h1-3,10-11H. The van der Waals surface area contributed by atoms with E-state index in [-0.39, 0.29) is 5.88 Å². The van der Waals surface area contributed by atoms with Crippen LogP contribution in [-0.2, 0) is 0 Å². The van der Waals surface area contributed by atoms with Crippen LogP contribution in [0.25, 0.3) is 0 Å². The molecule has 62 valence electrons. The van der Waals surface area contributed by atoms with Crippen LogP contribution in [0.1, 0.15) is 0 Å². The molecule has 0 atom stereocenters. The lowest BCUT2D eigenvalue weighted by Gasteiger charge is -2.14. The molecule has 12 heavy (non-hydrogen) atoms. The number of ether oxygens (including phenoxy) is 1. The molecular formula is C7H5ClN2O2. The molecular weight excluding hydrogens is 180 g/mol. The monoisotopic (exact) mass is 184 g/mol. The van der Waals surface area contributed by atoms with Gasteiger partial charge < -0.3 is 15.2 Å². The van der Waals surface area contributed by atoms with Gasteiger partial charge in [-0.1, -0.05) is 11.6 Å². The van der Waals surface area contributed by atoms with Crippen LogP contribution in [0, 0.1) is 0 Å². The van der Waals surface area contributed by atoms with Crippen molar-refractivity contribution < 1.29 is 9.84 Å². The summed E-state index contributed by atoms with van der Waals surface area (Å²) in [7, 11) is 0. The van der Waals surface area contributed by atoms with E-state index >= 15 is 0 Å². The van der Waals surface area contributed by atoms with Gasteiger partial charge >= 0.3 is 0 Å². The lowest BCUT2D eigenvalue weighted by Crippen LogP contribution is -2.07. The van der Waals surface area contributed by atoms with E-state index in [2.05, 4.69) is 10.3 Å². The van der Waals surface area contributed by atoms with Crippen LogP contribution < -0.4 is 10.1 Å². The van der Waals surface area contributed by atoms with Gasteiger partial charge in [0.05, 0.1) is 6.20 Å². The molecule has 0 aromatic carbocycles. The average molecular weight is 185 g/mol. The van der Waals surface area contributed by atoms with Crippen molar-refractivity contribution in [2.75, 3.05) is 5.32 Å². The van der Waals surface area contributed by atoms with Crippen molar-refractivity contribution in [3.63, 3.8) is 0 Å². The maximum atomic E-state index is 8.99. The maximum absolute atomic E-state index is 8.99. The highest BCUT2D eigenvalue weighted by Crippen LogP contribution is 2.29. The van der Waals surface area contributed by atoms with Crippen LogP contribution in [0.5, 0.6) is 5.75 Å². The molecule has 5 heteroatoms. The third kappa shape index (κ3) is 1.16. The van der Waals surface area contributed by atoms with E-state index in [1.54, 1.807) is 6.07 Å². The number of nitrogens with one attached hydrogen (secondary N) is 1. The number of aromatic nitrogens is 1. The van der Waals surface area contributed by atoms with Crippen LogP contribution in [0.15, 0.2) is 24.4 Å².